The van der Waals surface area contributed by atoms with E-state index in [2.05, 4.69) is 5.16 Å². The van der Waals surface area contributed by atoms with Crippen molar-refractivity contribution in [2.45, 2.75) is 11.8 Å². The maximum atomic E-state index is 13.8. The van der Waals surface area contributed by atoms with E-state index < -0.39 is 23.5 Å². The Hall–Kier alpha value is -2.83. The molecule has 0 unspecified atom stereocenters. The lowest BCUT2D eigenvalue weighted by Gasteiger charge is -2.29. The van der Waals surface area contributed by atoms with E-state index in [0.717, 1.165) is 30.3 Å². The van der Waals surface area contributed by atoms with E-state index in [-0.39, 0.29) is 11.1 Å². The Balaban J connectivity index is 2.21. The fourth-order valence-electron chi connectivity index (χ4n) is 2.54. The van der Waals surface area contributed by atoms with Crippen LogP contribution in [0.1, 0.15) is 11.1 Å². The molecule has 1 aliphatic heterocycles. The molecule has 0 fully saturated rings. The van der Waals surface area contributed by atoms with Crippen molar-refractivity contribution in [3.8, 4) is 0 Å². The maximum Gasteiger partial charge on any atom is 0.436 e. The van der Waals surface area contributed by atoms with Crippen LogP contribution >= 0.6 is 0 Å². The predicted octanol–water partition coefficient (Wildman–Crippen LogP) is 4.48. The summed E-state index contributed by atoms with van der Waals surface area (Å²) < 4.78 is 59.5. The molecule has 0 aromatic heterocycles. The van der Waals surface area contributed by atoms with Gasteiger partial charge in [-0.05, 0) is 28.9 Å². The molecule has 1 N–H and O–H groups in total. The summed E-state index contributed by atoms with van der Waals surface area (Å²) in [6.07, 6.45) is -4.01. The van der Waals surface area contributed by atoms with Crippen LogP contribution in [-0.2, 0) is 10.3 Å². The van der Waals surface area contributed by atoms with E-state index in [9.17, 15) is 17.6 Å². The molecule has 0 bridgehead atoms. The highest BCUT2D eigenvalue weighted by Crippen LogP contribution is 2.49. The van der Waals surface area contributed by atoms with E-state index in [1.807, 2.05) is 0 Å². The molecule has 1 heterocycles. The number of halogens is 4. The normalized spacial score (nSPS) is 22.3. The van der Waals surface area contributed by atoms with Crippen molar-refractivity contribution in [2.75, 3.05) is 0 Å². The van der Waals surface area contributed by atoms with Gasteiger partial charge in [-0.25, -0.2) is 4.39 Å². The lowest BCUT2D eigenvalue weighted by Crippen LogP contribution is -2.41. The van der Waals surface area contributed by atoms with Crippen molar-refractivity contribution in [1.82, 2.24) is 0 Å². The van der Waals surface area contributed by atoms with Gasteiger partial charge in [0, 0.05) is 11.1 Å². The van der Waals surface area contributed by atoms with Gasteiger partial charge in [0.2, 0.25) is 5.60 Å². The molecule has 3 rings (SSSR count). The molecule has 0 amide bonds. The molecule has 0 saturated carbocycles. The topological polar surface area (TPSA) is 41.8 Å². The predicted molar refractivity (Wildman–Crippen MR) is 78.9 cm³/mol. The van der Waals surface area contributed by atoms with Gasteiger partial charge in [-0.2, -0.15) is 13.2 Å². The second kappa shape index (κ2) is 5.67. The summed E-state index contributed by atoms with van der Waals surface area (Å²) in [6, 6.07) is 11.9. The highest BCUT2D eigenvalue weighted by molar-refractivity contribution is 6.21. The molecule has 124 valence electrons. The molecular weight excluding hydrogens is 326 g/mol. The van der Waals surface area contributed by atoms with Crippen molar-refractivity contribution in [2.24, 2.45) is 5.16 Å². The summed E-state index contributed by atoms with van der Waals surface area (Å²) in [6.45, 7) is 0. The van der Waals surface area contributed by atoms with Gasteiger partial charge in [0.15, 0.2) is 0 Å². The van der Waals surface area contributed by atoms with Crippen LogP contribution in [0.5, 0.6) is 0 Å². The smallest absolute Gasteiger partial charge is 0.436 e. The van der Waals surface area contributed by atoms with Crippen LogP contribution in [0.4, 0.5) is 17.6 Å². The van der Waals surface area contributed by atoms with Gasteiger partial charge >= 0.3 is 6.18 Å². The first-order valence-electron chi connectivity index (χ1n) is 6.90. The Labute approximate surface area is 134 Å². The van der Waals surface area contributed by atoms with Crippen LogP contribution in [0.2, 0.25) is 0 Å². The third-order valence-electron chi connectivity index (χ3n) is 3.71. The molecule has 0 saturated heterocycles. The summed E-state index contributed by atoms with van der Waals surface area (Å²) in [4.78, 5) is 0. The second-order valence-electron chi connectivity index (χ2n) is 5.17. The van der Waals surface area contributed by atoms with Gasteiger partial charge in [0.05, 0.1) is 0 Å². The van der Waals surface area contributed by atoms with Crippen LogP contribution in [0.3, 0.4) is 0 Å². The Morgan fingerprint density at radius 2 is 1.58 bits per heavy atom. The first kappa shape index (κ1) is 16.0. The monoisotopic (exact) mass is 337 g/mol. The maximum absolute atomic E-state index is 13.8. The molecule has 24 heavy (non-hydrogen) atoms. The van der Waals surface area contributed by atoms with Crippen LogP contribution < -0.4 is 0 Å². The Bertz CT molecular complexity index is 798. The van der Waals surface area contributed by atoms with E-state index in [0.29, 0.717) is 5.56 Å². The van der Waals surface area contributed by atoms with Crippen LogP contribution in [-0.4, -0.2) is 17.3 Å². The van der Waals surface area contributed by atoms with Gasteiger partial charge in [-0.1, -0.05) is 42.5 Å². The van der Waals surface area contributed by atoms with Gasteiger partial charge < -0.3 is 9.94 Å². The van der Waals surface area contributed by atoms with Gasteiger partial charge in [-0.3, -0.25) is 0 Å². The summed E-state index contributed by atoms with van der Waals surface area (Å²) >= 11 is 0. The van der Waals surface area contributed by atoms with Crippen LogP contribution in [0.25, 0.3) is 5.57 Å². The molecule has 7 heteroatoms. The van der Waals surface area contributed by atoms with E-state index in [1.165, 1.54) is 0 Å². The van der Waals surface area contributed by atoms with Crippen LogP contribution in [0.15, 0.2) is 65.8 Å². The number of alkyl halides is 3. The standard InChI is InChI=1S/C17H11F4NO2/c18-13-8-6-12(7-9-13)16(17(19,20)21)10-14(15(22-23)24-16)11-4-2-1-3-5-11/h1-10,23H/b22-15-/t16-/m0/s1. The molecule has 2 aromatic carbocycles. The van der Waals surface area contributed by atoms with Crippen molar-refractivity contribution >= 4 is 11.5 Å². The number of rotatable bonds is 2. The Kier molecular flexibility index (Phi) is 3.79. The summed E-state index contributed by atoms with van der Waals surface area (Å²) in [5, 5.41) is 11.9. The van der Waals surface area contributed by atoms with Gasteiger partial charge in [0.25, 0.3) is 5.90 Å². The summed E-state index contributed by atoms with van der Waals surface area (Å²) in [5.41, 5.74) is -2.77. The lowest BCUT2D eigenvalue weighted by atomic mass is 9.91. The van der Waals surface area contributed by atoms with E-state index in [4.69, 9.17) is 9.94 Å². The largest absolute Gasteiger partial charge is 0.449 e. The summed E-state index contributed by atoms with van der Waals surface area (Å²) in [5.74, 6) is -1.22. The molecule has 0 spiro atoms. The zero-order valence-electron chi connectivity index (χ0n) is 12.1. The third-order valence-corrected chi connectivity index (χ3v) is 3.71. The number of oxime groups is 1. The summed E-state index contributed by atoms with van der Waals surface area (Å²) in [7, 11) is 0. The van der Waals surface area contributed by atoms with Crippen molar-refractivity contribution in [3.63, 3.8) is 0 Å². The quantitative estimate of drug-likeness (QED) is 0.499. The molecular formula is C17H11F4NO2. The fourth-order valence-corrected chi connectivity index (χ4v) is 2.54. The molecule has 2 aromatic rings. The highest BCUT2D eigenvalue weighted by atomic mass is 19.4. The second-order valence-corrected chi connectivity index (χ2v) is 5.17. The van der Waals surface area contributed by atoms with Crippen molar-refractivity contribution in [1.29, 1.82) is 0 Å². The number of hydrogen-bond acceptors (Lipinski definition) is 3. The van der Waals surface area contributed by atoms with Gasteiger partial charge in [0.1, 0.15) is 5.82 Å². The van der Waals surface area contributed by atoms with Gasteiger partial charge in [-0.15, -0.1) is 0 Å². The highest BCUT2D eigenvalue weighted by Gasteiger charge is 2.61. The molecule has 1 atom stereocenters. The number of hydrogen-bond donors (Lipinski definition) is 1. The van der Waals surface area contributed by atoms with E-state index >= 15 is 0 Å². The number of benzene rings is 2. The van der Waals surface area contributed by atoms with Crippen molar-refractivity contribution < 1.29 is 27.5 Å². The number of ether oxygens (including phenoxy) is 1. The first-order chi connectivity index (χ1) is 11.4. The molecule has 0 aliphatic carbocycles. The molecule has 0 radical (unpaired) electrons. The SMILES string of the molecule is O/N=C1\O[C@@](c2ccc(F)cc2)(C(F)(F)F)C=C1c1ccccc1. The van der Waals surface area contributed by atoms with E-state index in [1.54, 1.807) is 30.3 Å². The van der Waals surface area contributed by atoms with Crippen molar-refractivity contribution in [3.05, 3.63) is 77.6 Å². The molecule has 3 nitrogen and oxygen atoms in total. The lowest BCUT2D eigenvalue weighted by molar-refractivity contribution is -0.236. The van der Waals surface area contributed by atoms with Crippen LogP contribution in [0, 0.1) is 5.82 Å². The molecule has 1 aliphatic rings. The zero-order chi connectivity index (χ0) is 17.4. The minimum absolute atomic E-state index is 0.000231. The minimum atomic E-state index is -4.85. The average molecular weight is 337 g/mol. The Morgan fingerprint density at radius 1 is 0.958 bits per heavy atom. The Morgan fingerprint density at radius 3 is 2.12 bits per heavy atom. The average Bonchev–Trinajstić information content (AvgIpc) is 2.97. The zero-order valence-corrected chi connectivity index (χ0v) is 12.1. The minimum Gasteiger partial charge on any atom is -0.449 e. The third kappa shape index (κ3) is 2.51. The first-order valence-corrected chi connectivity index (χ1v) is 6.90. The fraction of sp³-hybridized carbons (Fsp3) is 0.118. The number of nitrogens with zero attached hydrogens (tertiary/aromatic N) is 1.